The van der Waals surface area contributed by atoms with E-state index in [2.05, 4.69) is 10.3 Å². The highest BCUT2D eigenvalue weighted by atomic mass is 35.5. The Bertz CT molecular complexity index is 980. The summed E-state index contributed by atoms with van der Waals surface area (Å²) in [5, 5.41) is 3.29. The van der Waals surface area contributed by atoms with Crippen molar-refractivity contribution in [3.8, 4) is 0 Å². The van der Waals surface area contributed by atoms with Crippen LogP contribution >= 0.6 is 23.2 Å². The molecule has 134 valence electrons. The van der Waals surface area contributed by atoms with E-state index < -0.39 is 5.91 Å². The fourth-order valence-corrected chi connectivity index (χ4v) is 2.96. The molecule has 3 rings (SSSR count). The second kappa shape index (κ2) is 7.35. The number of likely N-dealkylation sites (N-methyl/N-ethyl adjacent to an activating group) is 1. The van der Waals surface area contributed by atoms with Crippen LogP contribution in [0.15, 0.2) is 42.7 Å². The van der Waals surface area contributed by atoms with E-state index in [0.29, 0.717) is 21.4 Å². The molecule has 0 saturated carbocycles. The number of halogens is 2. The van der Waals surface area contributed by atoms with Gasteiger partial charge in [-0.3, -0.25) is 9.59 Å². The lowest BCUT2D eigenvalue weighted by Gasteiger charge is -2.16. The first-order valence-electron chi connectivity index (χ1n) is 7.80. The summed E-state index contributed by atoms with van der Waals surface area (Å²) in [5.74, 6) is -0.762. The number of carbonyl (C=O) groups excluding carboxylic acids is 2. The number of anilines is 1. The lowest BCUT2D eigenvalue weighted by atomic mass is 10.3. The largest absolute Gasteiger partial charge is 0.331 e. The predicted molar refractivity (Wildman–Crippen MR) is 102 cm³/mol. The summed E-state index contributed by atoms with van der Waals surface area (Å²) in [6.07, 6.45) is 3.47. The number of rotatable bonds is 4. The van der Waals surface area contributed by atoms with Crippen molar-refractivity contribution in [1.82, 2.24) is 14.3 Å². The molecule has 0 fully saturated rings. The molecule has 0 aliphatic carbocycles. The molecule has 0 aliphatic heterocycles. The Morgan fingerprint density at radius 2 is 1.92 bits per heavy atom. The lowest BCUT2D eigenvalue weighted by Crippen LogP contribution is -2.35. The normalized spacial score (nSPS) is 10.8. The van der Waals surface area contributed by atoms with Gasteiger partial charge in [0.2, 0.25) is 5.91 Å². The maximum Gasteiger partial charge on any atom is 0.274 e. The van der Waals surface area contributed by atoms with Crippen molar-refractivity contribution in [3.05, 3.63) is 64.0 Å². The molecule has 3 aromatic rings. The van der Waals surface area contributed by atoms with Gasteiger partial charge in [0, 0.05) is 19.4 Å². The predicted octanol–water partition coefficient (Wildman–Crippen LogP) is 3.66. The van der Waals surface area contributed by atoms with E-state index in [0.717, 1.165) is 5.56 Å². The molecule has 6 nitrogen and oxygen atoms in total. The monoisotopic (exact) mass is 390 g/mol. The molecule has 1 N–H and O–H groups in total. The van der Waals surface area contributed by atoms with E-state index in [1.807, 2.05) is 25.3 Å². The molecule has 0 spiro atoms. The van der Waals surface area contributed by atoms with E-state index in [-0.39, 0.29) is 18.1 Å². The minimum atomic E-state index is -0.407. The Kier molecular flexibility index (Phi) is 5.15. The number of carbonyl (C=O) groups is 2. The minimum Gasteiger partial charge on any atom is -0.331 e. The Morgan fingerprint density at radius 3 is 2.62 bits per heavy atom. The van der Waals surface area contributed by atoms with Gasteiger partial charge in [-0.05, 0) is 36.8 Å². The molecule has 0 saturated heterocycles. The number of imidazole rings is 1. The molecule has 1 aromatic carbocycles. The fourth-order valence-electron chi connectivity index (χ4n) is 2.47. The van der Waals surface area contributed by atoms with Crippen LogP contribution in [0.3, 0.4) is 0 Å². The number of nitrogens with zero attached hydrogens (tertiary/aromatic N) is 3. The van der Waals surface area contributed by atoms with Crippen molar-refractivity contribution >= 4 is 46.4 Å². The van der Waals surface area contributed by atoms with E-state index in [1.54, 1.807) is 28.8 Å². The lowest BCUT2D eigenvalue weighted by molar-refractivity contribution is -0.116. The van der Waals surface area contributed by atoms with Crippen LogP contribution in [-0.2, 0) is 4.79 Å². The molecule has 26 heavy (non-hydrogen) atoms. The number of aryl methyl sites for hydroxylation is 1. The highest BCUT2D eigenvalue weighted by Gasteiger charge is 2.19. The zero-order chi connectivity index (χ0) is 18.8. The van der Waals surface area contributed by atoms with Gasteiger partial charge in [-0.25, -0.2) is 4.98 Å². The van der Waals surface area contributed by atoms with Crippen molar-refractivity contribution in [2.24, 2.45) is 0 Å². The highest BCUT2D eigenvalue weighted by molar-refractivity contribution is 6.39. The van der Waals surface area contributed by atoms with Crippen molar-refractivity contribution in [3.63, 3.8) is 0 Å². The van der Waals surface area contributed by atoms with Gasteiger partial charge >= 0.3 is 0 Å². The molecule has 0 radical (unpaired) electrons. The molecule has 0 atom stereocenters. The number of hydrogen-bond acceptors (Lipinski definition) is 3. The first-order chi connectivity index (χ1) is 12.3. The average Bonchev–Trinajstić information content (AvgIpc) is 3.00. The van der Waals surface area contributed by atoms with Crippen molar-refractivity contribution in [1.29, 1.82) is 0 Å². The maximum atomic E-state index is 12.5. The second-order valence-corrected chi connectivity index (χ2v) is 6.72. The van der Waals surface area contributed by atoms with Gasteiger partial charge < -0.3 is 14.6 Å². The molecule has 8 heteroatoms. The molecule has 2 aromatic heterocycles. The minimum absolute atomic E-state index is 0.159. The number of aromatic nitrogens is 2. The third-order valence-electron chi connectivity index (χ3n) is 3.79. The zero-order valence-corrected chi connectivity index (χ0v) is 15.7. The fraction of sp³-hybridized carbons (Fsp3) is 0.167. The van der Waals surface area contributed by atoms with Crippen LogP contribution in [0.5, 0.6) is 0 Å². The van der Waals surface area contributed by atoms with Crippen molar-refractivity contribution in [2.75, 3.05) is 18.9 Å². The van der Waals surface area contributed by atoms with Crippen LogP contribution in [0.1, 0.15) is 16.1 Å². The second-order valence-electron chi connectivity index (χ2n) is 5.90. The summed E-state index contributed by atoms with van der Waals surface area (Å²) < 4.78 is 1.76. The third kappa shape index (κ3) is 3.81. The number of pyridine rings is 1. The standard InChI is InChI=1S/C18H16Cl2N4O2/c1-11-6-7-24-9-14(21-15(24)8-11)18(26)23(2)10-16(25)22-17-12(19)4-3-5-13(17)20/h3-9H,10H2,1-2H3,(H,22,25). The third-order valence-corrected chi connectivity index (χ3v) is 4.42. The summed E-state index contributed by atoms with van der Waals surface area (Å²) in [4.78, 5) is 30.4. The van der Waals surface area contributed by atoms with Crippen LogP contribution < -0.4 is 5.32 Å². The van der Waals surface area contributed by atoms with Gasteiger partial charge in [0.25, 0.3) is 5.91 Å². The summed E-state index contributed by atoms with van der Waals surface area (Å²) >= 11 is 12.1. The Labute approximate surface area is 160 Å². The molecular formula is C18H16Cl2N4O2. The smallest absolute Gasteiger partial charge is 0.274 e. The van der Waals surface area contributed by atoms with Gasteiger partial charge in [0.15, 0.2) is 0 Å². The molecule has 2 heterocycles. The topological polar surface area (TPSA) is 66.7 Å². The SMILES string of the molecule is Cc1ccn2cc(C(=O)N(C)CC(=O)Nc3c(Cl)cccc3Cl)nc2c1. The first kappa shape index (κ1) is 18.2. The summed E-state index contributed by atoms with van der Waals surface area (Å²) in [7, 11) is 1.53. The number of benzene rings is 1. The summed E-state index contributed by atoms with van der Waals surface area (Å²) in [6.45, 7) is 1.79. The van der Waals surface area contributed by atoms with Crippen LogP contribution in [-0.4, -0.2) is 39.7 Å². The van der Waals surface area contributed by atoms with Crippen LogP contribution in [0.25, 0.3) is 5.65 Å². The van der Waals surface area contributed by atoms with Crippen LogP contribution in [0.2, 0.25) is 10.0 Å². The Morgan fingerprint density at radius 1 is 1.23 bits per heavy atom. The van der Waals surface area contributed by atoms with Crippen molar-refractivity contribution < 1.29 is 9.59 Å². The number of para-hydroxylation sites is 1. The van der Waals surface area contributed by atoms with Crippen molar-refractivity contribution in [2.45, 2.75) is 6.92 Å². The van der Waals surface area contributed by atoms with E-state index in [1.165, 1.54) is 11.9 Å². The number of hydrogen-bond donors (Lipinski definition) is 1. The maximum absolute atomic E-state index is 12.5. The molecule has 0 aliphatic rings. The number of fused-ring (bicyclic) bond motifs is 1. The molecular weight excluding hydrogens is 375 g/mol. The molecule has 2 amide bonds. The zero-order valence-electron chi connectivity index (χ0n) is 14.2. The first-order valence-corrected chi connectivity index (χ1v) is 8.55. The molecule has 0 bridgehead atoms. The Hall–Kier alpha value is -2.57. The van der Waals surface area contributed by atoms with Gasteiger partial charge in [0.1, 0.15) is 11.3 Å². The Balaban J connectivity index is 1.71. The molecule has 0 unspecified atom stereocenters. The van der Waals surface area contributed by atoms with E-state index in [9.17, 15) is 9.59 Å². The summed E-state index contributed by atoms with van der Waals surface area (Å²) in [5.41, 5.74) is 2.31. The number of amides is 2. The van der Waals surface area contributed by atoms with E-state index >= 15 is 0 Å². The average molecular weight is 391 g/mol. The highest BCUT2D eigenvalue weighted by Crippen LogP contribution is 2.29. The van der Waals surface area contributed by atoms with Crippen LogP contribution in [0, 0.1) is 6.92 Å². The van der Waals surface area contributed by atoms with Gasteiger partial charge in [0.05, 0.1) is 22.3 Å². The van der Waals surface area contributed by atoms with E-state index in [4.69, 9.17) is 23.2 Å². The van der Waals surface area contributed by atoms with Gasteiger partial charge in [-0.15, -0.1) is 0 Å². The van der Waals surface area contributed by atoms with Crippen LogP contribution in [0.4, 0.5) is 5.69 Å². The quantitative estimate of drug-likeness (QED) is 0.738. The van der Waals surface area contributed by atoms with Gasteiger partial charge in [-0.1, -0.05) is 29.3 Å². The number of nitrogens with one attached hydrogen (secondary N) is 1. The van der Waals surface area contributed by atoms with Gasteiger partial charge in [-0.2, -0.15) is 0 Å². The summed E-state index contributed by atoms with van der Waals surface area (Å²) in [6, 6.07) is 8.73.